The van der Waals surface area contributed by atoms with Crippen molar-refractivity contribution in [3.05, 3.63) is 89.0 Å². The number of ether oxygens (including phenoxy) is 1. The third-order valence-corrected chi connectivity index (χ3v) is 6.49. The molecular formula is C27H22N6O4. The number of nitrogens with zero attached hydrogens (tertiary/aromatic N) is 5. The Balaban J connectivity index is 1.24. The normalized spacial score (nSPS) is 14.6. The number of imide groups is 1. The van der Waals surface area contributed by atoms with Gasteiger partial charge in [0.05, 0.1) is 36.4 Å². The molecule has 1 N–H and O–H groups in total. The van der Waals surface area contributed by atoms with Gasteiger partial charge < -0.3 is 10.1 Å². The van der Waals surface area contributed by atoms with Crippen LogP contribution in [0.15, 0.2) is 66.7 Å². The zero-order chi connectivity index (χ0) is 25.5. The zero-order valence-electron chi connectivity index (χ0n) is 19.9. The second-order valence-electron chi connectivity index (χ2n) is 8.99. The molecule has 1 fully saturated rings. The minimum Gasteiger partial charge on any atom is -0.496 e. The lowest BCUT2D eigenvalue weighted by atomic mass is 10.1. The molecule has 10 heteroatoms. The number of nitrogens with one attached hydrogen (secondary N) is 1. The summed E-state index contributed by atoms with van der Waals surface area (Å²) in [5.41, 5.74) is 3.03. The Bertz CT molecular complexity index is 1520. The zero-order valence-corrected chi connectivity index (χ0v) is 19.9. The van der Waals surface area contributed by atoms with E-state index in [-0.39, 0.29) is 29.8 Å². The molecule has 1 aliphatic heterocycles. The number of hydrogen-bond acceptors (Lipinski definition) is 7. The Morgan fingerprint density at radius 2 is 1.76 bits per heavy atom. The minimum absolute atomic E-state index is 0.0376. The number of anilines is 1. The average Bonchev–Trinajstić information content (AvgIpc) is 3.60. The molecule has 2 aliphatic rings. The highest BCUT2D eigenvalue weighted by Gasteiger charge is 2.35. The first-order valence-corrected chi connectivity index (χ1v) is 11.9. The summed E-state index contributed by atoms with van der Waals surface area (Å²) in [5, 5.41) is 15.0. The largest absolute Gasteiger partial charge is 0.496 e. The van der Waals surface area contributed by atoms with Crippen molar-refractivity contribution in [1.82, 2.24) is 25.1 Å². The number of carbonyl (C=O) groups is 3. The number of carbonyl (C=O) groups excluding carboxylic acids is 3. The van der Waals surface area contributed by atoms with Gasteiger partial charge in [0, 0.05) is 11.3 Å². The van der Waals surface area contributed by atoms with Crippen molar-refractivity contribution < 1.29 is 19.1 Å². The van der Waals surface area contributed by atoms with Crippen LogP contribution in [0.1, 0.15) is 55.5 Å². The lowest BCUT2D eigenvalue weighted by Gasteiger charge is -2.16. The quantitative estimate of drug-likeness (QED) is 0.389. The molecule has 2 heterocycles. The van der Waals surface area contributed by atoms with Crippen LogP contribution in [0.2, 0.25) is 0 Å². The summed E-state index contributed by atoms with van der Waals surface area (Å²) < 4.78 is 7.23. The van der Waals surface area contributed by atoms with E-state index in [1.165, 1.54) is 12.0 Å². The van der Waals surface area contributed by atoms with Crippen molar-refractivity contribution >= 4 is 23.4 Å². The van der Waals surface area contributed by atoms with Crippen LogP contribution in [0.5, 0.6) is 5.75 Å². The van der Waals surface area contributed by atoms with E-state index in [0.29, 0.717) is 40.0 Å². The molecule has 0 atom stereocenters. The Morgan fingerprint density at radius 3 is 2.46 bits per heavy atom. The maximum Gasteiger partial charge on any atom is 0.261 e. The van der Waals surface area contributed by atoms with Crippen LogP contribution in [-0.4, -0.2) is 49.9 Å². The molecule has 0 bridgehead atoms. The first-order chi connectivity index (χ1) is 18.0. The van der Waals surface area contributed by atoms with Gasteiger partial charge in [-0.15, -0.1) is 5.10 Å². The molecule has 0 radical (unpaired) electrons. The van der Waals surface area contributed by atoms with Crippen LogP contribution in [0.25, 0.3) is 11.4 Å². The molecule has 3 amide bonds. The molecule has 1 aliphatic carbocycles. The van der Waals surface area contributed by atoms with Crippen molar-refractivity contribution in [3.63, 3.8) is 0 Å². The average molecular weight is 495 g/mol. The van der Waals surface area contributed by atoms with E-state index in [0.717, 1.165) is 18.4 Å². The Kier molecular flexibility index (Phi) is 5.48. The SMILES string of the molecule is COc1ccc(CN2C(=O)c3ccccc3C2=O)cc1C(=O)Nc1cccc(-c2nnnn2C2CC2)c1. The standard InChI is InChI=1S/C27H22N6O4/c1-37-23-12-9-16(15-32-26(35)20-7-2-3-8-21(20)27(32)36)13-22(23)25(34)28-18-6-4-5-17(14-18)24-29-30-31-33(24)19-10-11-19/h2-9,12-14,19H,10-11,15H2,1H3,(H,28,34). The highest BCUT2D eigenvalue weighted by atomic mass is 16.5. The highest BCUT2D eigenvalue weighted by molar-refractivity contribution is 6.21. The molecule has 37 heavy (non-hydrogen) atoms. The monoisotopic (exact) mass is 494 g/mol. The van der Waals surface area contributed by atoms with Gasteiger partial charge in [0.25, 0.3) is 17.7 Å². The first kappa shape index (κ1) is 22.6. The van der Waals surface area contributed by atoms with Crippen molar-refractivity contribution in [2.45, 2.75) is 25.4 Å². The molecule has 10 nitrogen and oxygen atoms in total. The van der Waals surface area contributed by atoms with Crippen molar-refractivity contribution in [1.29, 1.82) is 0 Å². The number of benzene rings is 3. The third-order valence-electron chi connectivity index (χ3n) is 6.49. The second kappa shape index (κ2) is 8.98. The maximum absolute atomic E-state index is 13.3. The highest BCUT2D eigenvalue weighted by Crippen LogP contribution is 2.37. The number of tetrazole rings is 1. The van der Waals surface area contributed by atoms with Crippen molar-refractivity contribution in [3.8, 4) is 17.1 Å². The predicted octanol–water partition coefficient (Wildman–Crippen LogP) is 3.73. The Morgan fingerprint density at radius 1 is 1.00 bits per heavy atom. The van der Waals surface area contributed by atoms with E-state index in [9.17, 15) is 14.4 Å². The molecule has 6 rings (SSSR count). The smallest absolute Gasteiger partial charge is 0.261 e. The Hall–Kier alpha value is -4.86. The van der Waals surface area contributed by atoms with Gasteiger partial charge in [-0.2, -0.15) is 0 Å². The van der Waals surface area contributed by atoms with E-state index < -0.39 is 0 Å². The number of amides is 3. The van der Waals surface area contributed by atoms with Crippen LogP contribution in [0.4, 0.5) is 5.69 Å². The van der Waals surface area contributed by atoms with Gasteiger partial charge in [0.2, 0.25) is 0 Å². The lowest BCUT2D eigenvalue weighted by molar-refractivity contribution is 0.0642. The fourth-order valence-corrected chi connectivity index (χ4v) is 4.48. The lowest BCUT2D eigenvalue weighted by Crippen LogP contribution is -2.29. The van der Waals surface area contributed by atoms with Gasteiger partial charge in [-0.1, -0.05) is 30.3 Å². The van der Waals surface area contributed by atoms with Gasteiger partial charge in [-0.05, 0) is 65.2 Å². The van der Waals surface area contributed by atoms with E-state index in [4.69, 9.17) is 4.74 Å². The Labute approximate surface area is 211 Å². The summed E-state index contributed by atoms with van der Waals surface area (Å²) in [5.74, 6) is -0.0721. The molecule has 4 aromatic rings. The van der Waals surface area contributed by atoms with Crippen LogP contribution in [0.3, 0.4) is 0 Å². The van der Waals surface area contributed by atoms with Crippen molar-refractivity contribution in [2.24, 2.45) is 0 Å². The summed E-state index contributed by atoms with van der Waals surface area (Å²) in [6, 6.07) is 19.4. The molecule has 3 aromatic carbocycles. The van der Waals surface area contributed by atoms with Gasteiger partial charge in [-0.3, -0.25) is 19.3 Å². The second-order valence-corrected chi connectivity index (χ2v) is 8.99. The number of fused-ring (bicyclic) bond motifs is 1. The fourth-order valence-electron chi connectivity index (χ4n) is 4.48. The number of rotatable bonds is 7. The maximum atomic E-state index is 13.3. The van der Waals surface area contributed by atoms with Crippen LogP contribution >= 0.6 is 0 Å². The topological polar surface area (TPSA) is 119 Å². The molecule has 0 unspecified atom stereocenters. The molecule has 184 valence electrons. The predicted molar refractivity (Wildman–Crippen MR) is 133 cm³/mol. The van der Waals surface area contributed by atoms with Crippen LogP contribution in [-0.2, 0) is 6.54 Å². The van der Waals surface area contributed by atoms with E-state index >= 15 is 0 Å². The number of hydrogen-bond donors (Lipinski definition) is 1. The summed E-state index contributed by atoms with van der Waals surface area (Å²) in [6.45, 7) is 0.0376. The summed E-state index contributed by atoms with van der Waals surface area (Å²) in [4.78, 5) is 40.0. The fraction of sp³-hybridized carbons (Fsp3) is 0.185. The van der Waals surface area contributed by atoms with Gasteiger partial charge in [0.1, 0.15) is 5.75 Å². The van der Waals surface area contributed by atoms with E-state index in [1.54, 1.807) is 48.5 Å². The molecule has 1 saturated carbocycles. The molecule has 0 saturated heterocycles. The minimum atomic E-state index is -0.389. The van der Waals surface area contributed by atoms with Gasteiger partial charge in [0.15, 0.2) is 5.82 Å². The number of methoxy groups -OCH3 is 1. The molecule has 1 aromatic heterocycles. The van der Waals surface area contributed by atoms with Crippen LogP contribution < -0.4 is 10.1 Å². The molecule has 0 spiro atoms. The van der Waals surface area contributed by atoms with Crippen molar-refractivity contribution in [2.75, 3.05) is 12.4 Å². The van der Waals surface area contributed by atoms with Gasteiger partial charge in [-0.25, -0.2) is 4.68 Å². The number of aromatic nitrogens is 4. The summed E-state index contributed by atoms with van der Waals surface area (Å²) in [7, 11) is 1.48. The summed E-state index contributed by atoms with van der Waals surface area (Å²) >= 11 is 0. The summed E-state index contributed by atoms with van der Waals surface area (Å²) in [6.07, 6.45) is 2.09. The third kappa shape index (κ3) is 4.12. The first-order valence-electron chi connectivity index (χ1n) is 11.9. The molecular weight excluding hydrogens is 472 g/mol. The van der Waals surface area contributed by atoms with E-state index in [1.807, 2.05) is 22.9 Å². The van der Waals surface area contributed by atoms with Crippen LogP contribution in [0, 0.1) is 0 Å². The van der Waals surface area contributed by atoms with Gasteiger partial charge >= 0.3 is 0 Å². The van der Waals surface area contributed by atoms with E-state index in [2.05, 4.69) is 20.8 Å².